The summed E-state index contributed by atoms with van der Waals surface area (Å²) in [6.07, 6.45) is 2.57. The Morgan fingerprint density at radius 2 is 2.19 bits per heavy atom. The molecule has 1 aromatic rings. The summed E-state index contributed by atoms with van der Waals surface area (Å²) >= 11 is 3.54. The molecule has 0 aliphatic carbocycles. The predicted octanol–water partition coefficient (Wildman–Crippen LogP) is 2.80. The smallest absolute Gasteiger partial charge is 0.194 e. The van der Waals surface area contributed by atoms with Crippen LogP contribution >= 0.6 is 15.9 Å². The van der Waals surface area contributed by atoms with E-state index in [1.807, 2.05) is 12.1 Å². The maximum atomic E-state index is 5.95. The SMILES string of the molecule is CCNC(=NCc1ccc(OC)c(Br)c1)N1CCOC(C2CCCO2)C1. The Bertz CT molecular complexity index is 620. The number of guanidine groups is 1. The second kappa shape index (κ2) is 9.58. The van der Waals surface area contributed by atoms with Crippen LogP contribution in [0.2, 0.25) is 0 Å². The molecule has 2 unspecified atom stereocenters. The minimum Gasteiger partial charge on any atom is -0.496 e. The second-order valence-electron chi connectivity index (χ2n) is 6.55. The molecule has 2 saturated heterocycles. The minimum atomic E-state index is 0.130. The molecule has 2 atom stereocenters. The van der Waals surface area contributed by atoms with E-state index in [9.17, 15) is 0 Å². The molecule has 3 rings (SSSR count). The summed E-state index contributed by atoms with van der Waals surface area (Å²) < 4.78 is 18.0. The van der Waals surface area contributed by atoms with Gasteiger partial charge in [0, 0.05) is 26.2 Å². The summed E-state index contributed by atoms with van der Waals surface area (Å²) in [5, 5.41) is 3.41. The molecule has 2 heterocycles. The van der Waals surface area contributed by atoms with Crippen LogP contribution < -0.4 is 10.1 Å². The number of benzene rings is 1. The number of aliphatic imine (C=N–C) groups is 1. The molecule has 0 saturated carbocycles. The quantitative estimate of drug-likeness (QED) is 0.580. The summed E-state index contributed by atoms with van der Waals surface area (Å²) in [7, 11) is 1.67. The zero-order valence-electron chi connectivity index (χ0n) is 15.5. The average Bonchev–Trinajstić information content (AvgIpc) is 3.20. The third-order valence-corrected chi connectivity index (χ3v) is 5.35. The van der Waals surface area contributed by atoms with Crippen molar-refractivity contribution < 1.29 is 14.2 Å². The van der Waals surface area contributed by atoms with E-state index in [1.165, 1.54) is 0 Å². The van der Waals surface area contributed by atoms with E-state index >= 15 is 0 Å². The van der Waals surface area contributed by atoms with E-state index in [2.05, 4.69) is 39.1 Å². The lowest BCUT2D eigenvalue weighted by Crippen LogP contribution is -2.53. The summed E-state index contributed by atoms with van der Waals surface area (Å²) in [5.41, 5.74) is 1.14. The van der Waals surface area contributed by atoms with E-state index in [1.54, 1.807) is 7.11 Å². The van der Waals surface area contributed by atoms with Gasteiger partial charge >= 0.3 is 0 Å². The largest absolute Gasteiger partial charge is 0.496 e. The van der Waals surface area contributed by atoms with Crippen LogP contribution in [0.15, 0.2) is 27.7 Å². The number of ether oxygens (including phenoxy) is 3. The number of hydrogen-bond donors (Lipinski definition) is 1. The average molecular weight is 426 g/mol. The molecule has 7 heteroatoms. The van der Waals surface area contributed by atoms with E-state index in [0.29, 0.717) is 13.2 Å². The maximum Gasteiger partial charge on any atom is 0.194 e. The molecule has 0 radical (unpaired) electrons. The molecule has 2 aliphatic heterocycles. The van der Waals surface area contributed by atoms with Crippen molar-refractivity contribution >= 4 is 21.9 Å². The highest BCUT2D eigenvalue weighted by Crippen LogP contribution is 2.26. The summed E-state index contributed by atoms with van der Waals surface area (Å²) in [6.45, 7) is 6.79. The Hall–Kier alpha value is -1.31. The van der Waals surface area contributed by atoms with Crippen LogP contribution in [0.3, 0.4) is 0 Å². The fraction of sp³-hybridized carbons (Fsp3) is 0.632. The zero-order chi connectivity index (χ0) is 18.4. The number of morpholine rings is 1. The van der Waals surface area contributed by atoms with Crippen molar-refractivity contribution in [3.05, 3.63) is 28.2 Å². The topological polar surface area (TPSA) is 55.3 Å². The Morgan fingerprint density at radius 1 is 1.35 bits per heavy atom. The number of hydrogen-bond acceptors (Lipinski definition) is 4. The molecule has 2 aliphatic rings. The number of rotatable bonds is 5. The van der Waals surface area contributed by atoms with Crippen molar-refractivity contribution in [3.8, 4) is 5.75 Å². The first-order chi connectivity index (χ1) is 12.7. The summed E-state index contributed by atoms with van der Waals surface area (Å²) in [5.74, 6) is 1.77. The standard InChI is InChI=1S/C19H28BrN3O3/c1-3-21-19(22-12-14-6-7-16(24-2)15(20)11-14)23-8-10-26-18(13-23)17-5-4-9-25-17/h6-7,11,17-18H,3-5,8-10,12-13H2,1-2H3,(H,21,22). The molecule has 0 aromatic heterocycles. The number of methoxy groups -OCH3 is 1. The Labute approximate surface area is 164 Å². The van der Waals surface area contributed by atoms with Crippen LogP contribution in [0.5, 0.6) is 5.75 Å². The van der Waals surface area contributed by atoms with Gasteiger partial charge in [-0.05, 0) is 53.4 Å². The van der Waals surface area contributed by atoms with Crippen LogP contribution in [0.1, 0.15) is 25.3 Å². The van der Waals surface area contributed by atoms with Gasteiger partial charge in [-0.15, -0.1) is 0 Å². The Balaban J connectivity index is 1.67. The first-order valence-corrected chi connectivity index (χ1v) is 10.1. The highest BCUT2D eigenvalue weighted by Gasteiger charge is 2.32. The molecule has 6 nitrogen and oxygen atoms in total. The molecule has 0 amide bonds. The van der Waals surface area contributed by atoms with Crippen LogP contribution in [0, 0.1) is 0 Å². The van der Waals surface area contributed by atoms with Crippen molar-refractivity contribution in [2.75, 3.05) is 40.0 Å². The molecule has 1 aromatic carbocycles. The molecule has 0 bridgehead atoms. The second-order valence-corrected chi connectivity index (χ2v) is 7.40. The number of halogens is 1. The van der Waals surface area contributed by atoms with Gasteiger partial charge in [-0.1, -0.05) is 6.07 Å². The van der Waals surface area contributed by atoms with Gasteiger partial charge in [-0.3, -0.25) is 0 Å². The van der Waals surface area contributed by atoms with Gasteiger partial charge < -0.3 is 24.4 Å². The molecule has 26 heavy (non-hydrogen) atoms. The molecular formula is C19H28BrN3O3. The van der Waals surface area contributed by atoms with Gasteiger partial charge in [0.2, 0.25) is 0 Å². The van der Waals surface area contributed by atoms with Crippen molar-refractivity contribution in [2.45, 2.75) is 38.5 Å². The fourth-order valence-corrected chi connectivity index (χ4v) is 3.98. The van der Waals surface area contributed by atoms with E-state index in [0.717, 1.165) is 60.8 Å². The Morgan fingerprint density at radius 3 is 2.88 bits per heavy atom. The highest BCUT2D eigenvalue weighted by atomic mass is 79.9. The van der Waals surface area contributed by atoms with Gasteiger partial charge in [0.25, 0.3) is 0 Å². The van der Waals surface area contributed by atoms with Crippen LogP contribution in [0.4, 0.5) is 0 Å². The summed E-state index contributed by atoms with van der Waals surface area (Å²) in [4.78, 5) is 7.13. The third-order valence-electron chi connectivity index (χ3n) is 4.74. The van der Waals surface area contributed by atoms with E-state index < -0.39 is 0 Å². The van der Waals surface area contributed by atoms with Crippen molar-refractivity contribution in [1.29, 1.82) is 0 Å². The minimum absolute atomic E-state index is 0.130. The van der Waals surface area contributed by atoms with Gasteiger partial charge in [0.05, 0.1) is 30.8 Å². The molecule has 2 fully saturated rings. The lowest BCUT2D eigenvalue weighted by atomic mass is 10.1. The van der Waals surface area contributed by atoms with Crippen LogP contribution in [0.25, 0.3) is 0 Å². The van der Waals surface area contributed by atoms with Crippen molar-refractivity contribution in [2.24, 2.45) is 4.99 Å². The van der Waals surface area contributed by atoms with Crippen molar-refractivity contribution in [1.82, 2.24) is 10.2 Å². The molecule has 1 N–H and O–H groups in total. The van der Waals surface area contributed by atoms with Crippen LogP contribution in [-0.2, 0) is 16.0 Å². The summed E-state index contributed by atoms with van der Waals surface area (Å²) in [6, 6.07) is 6.07. The molecule has 144 valence electrons. The van der Waals surface area contributed by atoms with E-state index in [-0.39, 0.29) is 12.2 Å². The fourth-order valence-electron chi connectivity index (χ4n) is 3.39. The van der Waals surface area contributed by atoms with E-state index in [4.69, 9.17) is 19.2 Å². The lowest BCUT2D eigenvalue weighted by molar-refractivity contribution is -0.0817. The van der Waals surface area contributed by atoms with Gasteiger partial charge in [-0.2, -0.15) is 0 Å². The zero-order valence-corrected chi connectivity index (χ0v) is 17.1. The van der Waals surface area contributed by atoms with Crippen molar-refractivity contribution in [3.63, 3.8) is 0 Å². The lowest BCUT2D eigenvalue weighted by Gasteiger charge is -2.37. The maximum absolute atomic E-state index is 5.95. The third kappa shape index (κ3) is 4.90. The van der Waals surface area contributed by atoms with Crippen LogP contribution in [-0.4, -0.2) is 63.0 Å². The molecule has 0 spiro atoms. The number of nitrogens with zero attached hydrogens (tertiary/aromatic N) is 2. The monoisotopic (exact) mass is 425 g/mol. The Kier molecular flexibility index (Phi) is 7.16. The first kappa shape index (κ1) is 19.5. The normalized spacial score (nSPS) is 24.0. The van der Waals surface area contributed by atoms with Gasteiger partial charge in [0.1, 0.15) is 11.9 Å². The highest BCUT2D eigenvalue weighted by molar-refractivity contribution is 9.10. The van der Waals surface area contributed by atoms with Gasteiger partial charge in [-0.25, -0.2) is 4.99 Å². The predicted molar refractivity (Wildman–Crippen MR) is 106 cm³/mol. The number of nitrogens with one attached hydrogen (secondary N) is 1. The molecular weight excluding hydrogens is 398 g/mol. The van der Waals surface area contributed by atoms with Gasteiger partial charge in [0.15, 0.2) is 5.96 Å². The first-order valence-electron chi connectivity index (χ1n) is 9.30.